The van der Waals surface area contributed by atoms with Crippen LogP contribution in [0, 0.1) is 0 Å². The Morgan fingerprint density at radius 3 is 0.889 bits per heavy atom. The molecule has 9 heavy (non-hydrogen) atoms. The zero-order chi connectivity index (χ0) is 4.50. The van der Waals surface area contributed by atoms with Crippen molar-refractivity contribution < 1.29 is 128 Å². The molecule has 0 rings (SSSR count). The first-order chi connectivity index (χ1) is 2.00. The molecule has 4 nitrogen and oxygen atoms in total. The van der Waals surface area contributed by atoms with E-state index in [1.807, 2.05) is 0 Å². The number of rotatable bonds is 0. The Labute approximate surface area is 136 Å². The van der Waals surface area contributed by atoms with Gasteiger partial charge in [-0.15, -0.1) is 0 Å². The van der Waals surface area contributed by atoms with Gasteiger partial charge < -0.3 is 9.11 Å². The van der Waals surface area contributed by atoms with E-state index in [-0.39, 0.29) is 111 Å². The van der Waals surface area contributed by atoms with Crippen molar-refractivity contribution in [1.29, 1.82) is 0 Å². The Balaban J connectivity index is -0.0000000133. The van der Waals surface area contributed by atoms with Crippen molar-refractivity contribution in [2.24, 2.45) is 0 Å². The van der Waals surface area contributed by atoms with Crippen molar-refractivity contribution in [2.45, 2.75) is 0 Å². The Kier molecular flexibility index (Phi) is 46.2. The van der Waals surface area contributed by atoms with Crippen LogP contribution in [0.25, 0.3) is 0 Å². The maximum Gasteiger partial charge on any atom is 1.00 e. The van der Waals surface area contributed by atoms with E-state index in [0.717, 1.165) is 0 Å². The summed E-state index contributed by atoms with van der Waals surface area (Å²) in [5, 5.41) is 0. The molecule has 0 aliphatic rings. The zero-order valence-electron chi connectivity index (χ0n) is 4.87. The molecule has 0 aliphatic heterocycles. The summed E-state index contributed by atoms with van der Waals surface area (Å²) in [6.07, 6.45) is 0. The summed E-state index contributed by atoms with van der Waals surface area (Å²) in [5.74, 6) is 0. The molecule has 0 bridgehead atoms. The molecule has 0 amide bonds. The van der Waals surface area contributed by atoms with Crippen molar-refractivity contribution in [2.75, 3.05) is 0 Å². The van der Waals surface area contributed by atoms with E-state index in [0.29, 0.717) is 0 Å². The summed E-state index contributed by atoms with van der Waals surface area (Å²) in [6, 6.07) is 0. The molecule has 0 atom stereocenters. The fourth-order valence-electron chi connectivity index (χ4n) is 0. The van der Waals surface area contributed by atoms with E-state index in [2.05, 4.69) is 0 Å². The predicted molar refractivity (Wildman–Crippen MR) is 10.5 cm³/mol. The Bertz CT molecular complexity index is 95.7. The maximum absolute atomic E-state index is 8.52. The molecule has 0 unspecified atom stereocenters. The summed E-state index contributed by atoms with van der Waals surface area (Å²) in [6.45, 7) is 0. The molecule has 0 aliphatic carbocycles. The van der Waals surface area contributed by atoms with Gasteiger partial charge in [0, 0.05) is 65.7 Å². The molecule has 0 saturated carbocycles. The average molecular weight is 898 g/mol. The maximum atomic E-state index is 8.52. The van der Waals surface area contributed by atoms with Crippen LogP contribution in [0.4, 0.5) is 0 Å². The third-order valence-electron chi connectivity index (χ3n) is 0. The predicted octanol–water partition coefficient (Wildman–Crippen LogP) is -1.35. The molecule has 0 aromatic heterocycles. The SMILES string of the molecule is O=S(=O)([O-])[O-].[Hg+].[Hg+].[Hg].[Hg]. The quantitative estimate of drug-likeness (QED) is 0.172. The van der Waals surface area contributed by atoms with Crippen LogP contribution < -0.4 is 0 Å². The number of hydrogen-bond donors (Lipinski definition) is 0. The molecule has 0 saturated heterocycles. The van der Waals surface area contributed by atoms with Gasteiger partial charge in [-0.1, -0.05) is 0 Å². The van der Waals surface area contributed by atoms with Crippen LogP contribution in [0.3, 0.4) is 0 Å². The molecule has 0 aromatic carbocycles. The molecular formula is Hg4O4S. The van der Waals surface area contributed by atoms with Crippen molar-refractivity contribution >= 4 is 10.4 Å². The van der Waals surface area contributed by atoms with Crippen molar-refractivity contribution in [1.82, 2.24) is 0 Å². The fourth-order valence-corrected chi connectivity index (χ4v) is 0. The van der Waals surface area contributed by atoms with Gasteiger partial charge in [-0.25, -0.2) is 0 Å². The number of hydrogen-bond acceptors (Lipinski definition) is 4. The summed E-state index contributed by atoms with van der Waals surface area (Å²) < 4.78 is 34.1. The summed E-state index contributed by atoms with van der Waals surface area (Å²) in [5.41, 5.74) is 0. The second-order valence-corrected chi connectivity index (χ2v) is 1.22. The summed E-state index contributed by atoms with van der Waals surface area (Å²) >= 11 is 0. The first-order valence-electron chi connectivity index (χ1n) is 0.667. The van der Waals surface area contributed by atoms with Crippen LogP contribution in [0.1, 0.15) is 0 Å². The molecule has 0 N–H and O–H groups in total. The van der Waals surface area contributed by atoms with Crippen LogP contribution in [0.5, 0.6) is 0 Å². The molecule has 0 fully saturated rings. The van der Waals surface area contributed by atoms with Gasteiger partial charge in [-0.2, -0.15) is 0 Å². The molecule has 38 valence electrons. The zero-order valence-corrected chi connectivity index (χ0v) is 27.7. The van der Waals surface area contributed by atoms with E-state index < -0.39 is 10.4 Å². The Morgan fingerprint density at radius 2 is 0.889 bits per heavy atom. The van der Waals surface area contributed by atoms with Crippen molar-refractivity contribution in [3.8, 4) is 0 Å². The van der Waals surface area contributed by atoms with Crippen LogP contribution in [0.15, 0.2) is 0 Å². The van der Waals surface area contributed by atoms with Gasteiger partial charge in [-0.3, -0.25) is 8.42 Å². The molecule has 0 spiro atoms. The van der Waals surface area contributed by atoms with Gasteiger partial charge in [0.25, 0.3) is 0 Å². The van der Waals surface area contributed by atoms with E-state index in [4.69, 9.17) is 17.5 Å². The Hall–Kier alpha value is 3.61. The third-order valence-corrected chi connectivity index (χ3v) is 0. The second-order valence-electron chi connectivity index (χ2n) is 0.408. The minimum atomic E-state index is -5.17. The Morgan fingerprint density at radius 1 is 0.889 bits per heavy atom. The molecular weight excluding hydrogens is 898 g/mol. The van der Waals surface area contributed by atoms with Crippen molar-refractivity contribution in [3.05, 3.63) is 0 Å². The van der Waals surface area contributed by atoms with Crippen LogP contribution >= 0.6 is 0 Å². The van der Waals surface area contributed by atoms with Gasteiger partial charge in [0.1, 0.15) is 0 Å². The van der Waals surface area contributed by atoms with Crippen LogP contribution in [-0.2, 0) is 121 Å². The minimum absolute atomic E-state index is 0. The molecule has 2 radical (unpaired) electrons. The fraction of sp³-hybridized carbons (Fsp3) is 0. The second kappa shape index (κ2) is 14.2. The van der Waals surface area contributed by atoms with Gasteiger partial charge >= 0.3 is 55.3 Å². The van der Waals surface area contributed by atoms with Gasteiger partial charge in [0.2, 0.25) is 0 Å². The topological polar surface area (TPSA) is 80.3 Å². The molecule has 0 aromatic rings. The standard InChI is InChI=1S/4Hg.H2O4S/c;;;;1-5(2,3)4/h;;;;(H2,1,2,3,4)/q;;2*+1;/p-2. The smallest absolute Gasteiger partial charge is 0.759 e. The minimum Gasteiger partial charge on any atom is -0.759 e. The van der Waals surface area contributed by atoms with Gasteiger partial charge in [0.05, 0.1) is 0 Å². The average Bonchev–Trinajstić information content (AvgIpc) is 0.722. The van der Waals surface area contributed by atoms with Gasteiger partial charge in [0.15, 0.2) is 0 Å². The van der Waals surface area contributed by atoms with E-state index in [1.54, 1.807) is 0 Å². The summed E-state index contributed by atoms with van der Waals surface area (Å²) in [7, 11) is -5.17. The van der Waals surface area contributed by atoms with Crippen LogP contribution in [-0.4, -0.2) is 17.5 Å². The molecule has 9 heteroatoms. The van der Waals surface area contributed by atoms with Crippen LogP contribution in [0.2, 0.25) is 0 Å². The van der Waals surface area contributed by atoms with E-state index in [9.17, 15) is 0 Å². The van der Waals surface area contributed by atoms with E-state index >= 15 is 0 Å². The first-order valence-corrected chi connectivity index (χ1v) is 2.00. The monoisotopic (exact) mass is 904 g/mol. The van der Waals surface area contributed by atoms with Crippen molar-refractivity contribution in [3.63, 3.8) is 0 Å². The van der Waals surface area contributed by atoms with E-state index in [1.165, 1.54) is 0 Å². The third kappa shape index (κ3) is 82.3. The summed E-state index contributed by atoms with van der Waals surface area (Å²) in [4.78, 5) is 0. The molecule has 0 heterocycles. The largest absolute Gasteiger partial charge is 1.00 e. The normalized spacial score (nSPS) is 6.44. The van der Waals surface area contributed by atoms with Gasteiger partial charge in [-0.05, 0) is 0 Å². The first kappa shape index (κ1) is 29.4.